The Morgan fingerprint density at radius 1 is 1.40 bits per heavy atom. The minimum absolute atomic E-state index is 0.0784. The quantitative estimate of drug-likeness (QED) is 0.705. The molecule has 7 heteroatoms. The van der Waals surface area contributed by atoms with E-state index < -0.39 is 29.1 Å². The Balaban J connectivity index is 2.81. The van der Waals surface area contributed by atoms with Gasteiger partial charge in [-0.2, -0.15) is 0 Å². The molecule has 1 saturated heterocycles. The molecule has 1 fully saturated rings. The van der Waals surface area contributed by atoms with Crippen molar-refractivity contribution >= 4 is 18.0 Å². The van der Waals surface area contributed by atoms with Crippen molar-refractivity contribution in [3.63, 3.8) is 0 Å². The molecule has 110 valence electrons. The van der Waals surface area contributed by atoms with Gasteiger partial charge in [-0.25, -0.2) is 9.59 Å². The predicted molar refractivity (Wildman–Crippen MR) is 69.8 cm³/mol. The Kier molecular flexibility index (Phi) is 4.28. The molecule has 20 heavy (non-hydrogen) atoms. The number of amides is 2. The van der Waals surface area contributed by atoms with Gasteiger partial charge in [-0.1, -0.05) is 0 Å². The van der Waals surface area contributed by atoms with Crippen molar-refractivity contribution in [2.45, 2.75) is 38.3 Å². The number of hydrogen-bond acceptors (Lipinski definition) is 4. The lowest BCUT2D eigenvalue weighted by Crippen LogP contribution is -2.57. The lowest BCUT2D eigenvalue weighted by Gasteiger charge is -2.28. The zero-order valence-corrected chi connectivity index (χ0v) is 11.7. The molecule has 0 aliphatic carbocycles. The maximum absolute atomic E-state index is 11.7. The number of carbonyl (C=O) groups is 3. The molecule has 2 amide bonds. The standard InChI is InChI=1S/C13H18N2O5/c1-5-9(16)15-7-6-13(8-15,10(17)18)14-11(19)20-12(2,3)4/h1H,6-8H2,2-4H3,(H,14,19)(H,17,18). The van der Waals surface area contributed by atoms with Gasteiger partial charge in [-0.3, -0.25) is 4.79 Å². The van der Waals surface area contributed by atoms with Crippen LogP contribution in [0.4, 0.5) is 4.79 Å². The number of carbonyl (C=O) groups excluding carboxylic acids is 2. The van der Waals surface area contributed by atoms with E-state index in [9.17, 15) is 19.5 Å². The number of carboxylic acid groups (broad SMARTS) is 1. The Labute approximate surface area is 117 Å². The zero-order valence-electron chi connectivity index (χ0n) is 11.7. The van der Waals surface area contributed by atoms with Crippen LogP contribution in [0.2, 0.25) is 0 Å². The van der Waals surface area contributed by atoms with Crippen molar-refractivity contribution in [2.75, 3.05) is 13.1 Å². The minimum atomic E-state index is -1.56. The van der Waals surface area contributed by atoms with Crippen molar-refractivity contribution in [2.24, 2.45) is 0 Å². The third kappa shape index (κ3) is 3.63. The van der Waals surface area contributed by atoms with E-state index in [0.717, 1.165) is 0 Å². The Morgan fingerprint density at radius 2 is 2.00 bits per heavy atom. The molecule has 1 rings (SSSR count). The lowest BCUT2D eigenvalue weighted by molar-refractivity contribution is -0.144. The molecule has 0 bridgehead atoms. The monoisotopic (exact) mass is 282 g/mol. The van der Waals surface area contributed by atoms with Crippen LogP contribution in [0.5, 0.6) is 0 Å². The number of carboxylic acids is 1. The molecule has 2 N–H and O–H groups in total. The molecule has 0 aromatic heterocycles. The van der Waals surface area contributed by atoms with Crippen LogP contribution in [0.1, 0.15) is 27.2 Å². The first kappa shape index (κ1) is 15.8. The second-order valence-electron chi connectivity index (χ2n) is 5.64. The van der Waals surface area contributed by atoms with Gasteiger partial charge in [0, 0.05) is 13.0 Å². The lowest BCUT2D eigenvalue weighted by atomic mass is 9.99. The van der Waals surface area contributed by atoms with Crippen LogP contribution in [-0.2, 0) is 14.3 Å². The van der Waals surface area contributed by atoms with Gasteiger partial charge in [0.15, 0.2) is 5.54 Å². The zero-order chi connectivity index (χ0) is 15.6. The van der Waals surface area contributed by atoms with Gasteiger partial charge >= 0.3 is 12.1 Å². The summed E-state index contributed by atoms with van der Waals surface area (Å²) in [7, 11) is 0. The van der Waals surface area contributed by atoms with E-state index >= 15 is 0 Å². The van der Waals surface area contributed by atoms with E-state index in [1.54, 1.807) is 20.8 Å². The summed E-state index contributed by atoms with van der Waals surface area (Å²) in [6, 6.07) is 0. The summed E-state index contributed by atoms with van der Waals surface area (Å²) in [5.74, 6) is 0.101. The van der Waals surface area contributed by atoms with Crippen molar-refractivity contribution in [3.8, 4) is 12.3 Å². The highest BCUT2D eigenvalue weighted by Crippen LogP contribution is 2.22. The summed E-state index contributed by atoms with van der Waals surface area (Å²) < 4.78 is 5.04. The van der Waals surface area contributed by atoms with Crippen molar-refractivity contribution in [1.82, 2.24) is 10.2 Å². The summed E-state index contributed by atoms with van der Waals surface area (Å²) in [5.41, 5.74) is -2.30. The van der Waals surface area contributed by atoms with Crippen LogP contribution in [0.3, 0.4) is 0 Å². The highest BCUT2D eigenvalue weighted by molar-refractivity contribution is 5.94. The number of nitrogens with one attached hydrogen (secondary N) is 1. The number of likely N-dealkylation sites (tertiary alicyclic amines) is 1. The van der Waals surface area contributed by atoms with Crippen LogP contribution < -0.4 is 5.32 Å². The number of alkyl carbamates (subject to hydrolysis) is 1. The van der Waals surface area contributed by atoms with Gasteiger partial charge in [-0.05, 0) is 26.7 Å². The average molecular weight is 282 g/mol. The first-order chi connectivity index (χ1) is 9.09. The normalized spacial score (nSPS) is 22.0. The summed E-state index contributed by atoms with van der Waals surface area (Å²) in [6.45, 7) is 5.00. The fourth-order valence-electron chi connectivity index (χ4n) is 1.90. The molecule has 1 unspecified atom stereocenters. The summed E-state index contributed by atoms with van der Waals surface area (Å²) in [5, 5.41) is 11.7. The number of aliphatic carboxylic acids is 1. The summed E-state index contributed by atoms with van der Waals surface area (Å²) in [6.07, 6.45) is 4.24. The molecule has 0 radical (unpaired) electrons. The molecule has 0 spiro atoms. The average Bonchev–Trinajstić information content (AvgIpc) is 2.70. The first-order valence-electron chi connectivity index (χ1n) is 6.10. The molecular formula is C13H18N2O5. The van der Waals surface area contributed by atoms with Crippen LogP contribution >= 0.6 is 0 Å². The highest BCUT2D eigenvalue weighted by Gasteiger charge is 2.48. The molecule has 0 aromatic carbocycles. The smallest absolute Gasteiger partial charge is 0.408 e. The third-order valence-electron chi connectivity index (χ3n) is 2.83. The second kappa shape index (κ2) is 5.41. The van der Waals surface area contributed by atoms with E-state index in [1.165, 1.54) is 4.90 Å². The van der Waals surface area contributed by atoms with Gasteiger partial charge in [0.25, 0.3) is 5.91 Å². The van der Waals surface area contributed by atoms with Crippen molar-refractivity contribution in [1.29, 1.82) is 0 Å². The fourth-order valence-corrected chi connectivity index (χ4v) is 1.90. The number of rotatable bonds is 2. The van der Waals surface area contributed by atoms with Gasteiger partial charge in [0.2, 0.25) is 0 Å². The molecule has 1 atom stereocenters. The summed E-state index contributed by atoms with van der Waals surface area (Å²) >= 11 is 0. The van der Waals surface area contributed by atoms with Crippen LogP contribution in [0, 0.1) is 12.3 Å². The van der Waals surface area contributed by atoms with Gasteiger partial charge in [0.05, 0.1) is 6.54 Å². The van der Waals surface area contributed by atoms with Gasteiger partial charge in [-0.15, -0.1) is 6.42 Å². The van der Waals surface area contributed by atoms with E-state index in [-0.39, 0.29) is 19.5 Å². The molecule has 0 aromatic rings. The molecular weight excluding hydrogens is 264 g/mol. The Bertz CT molecular complexity index is 474. The maximum atomic E-state index is 11.7. The maximum Gasteiger partial charge on any atom is 0.408 e. The van der Waals surface area contributed by atoms with Crippen molar-refractivity contribution in [3.05, 3.63) is 0 Å². The van der Waals surface area contributed by atoms with Crippen molar-refractivity contribution < 1.29 is 24.2 Å². The minimum Gasteiger partial charge on any atom is -0.479 e. The molecule has 1 heterocycles. The van der Waals surface area contributed by atoms with E-state index in [1.807, 2.05) is 5.92 Å². The van der Waals surface area contributed by atoms with Crippen LogP contribution in [-0.4, -0.2) is 52.2 Å². The molecule has 7 nitrogen and oxygen atoms in total. The fraction of sp³-hybridized carbons (Fsp3) is 0.615. The Hall–Kier alpha value is -2.23. The number of nitrogens with zero attached hydrogens (tertiary/aromatic N) is 1. The largest absolute Gasteiger partial charge is 0.479 e. The van der Waals surface area contributed by atoms with Gasteiger partial charge in [0.1, 0.15) is 5.60 Å². The SMILES string of the molecule is C#CC(=O)N1CCC(NC(=O)OC(C)(C)C)(C(=O)O)C1. The highest BCUT2D eigenvalue weighted by atomic mass is 16.6. The number of hydrogen-bond donors (Lipinski definition) is 2. The predicted octanol–water partition coefficient (Wildman–Crippen LogP) is 0.200. The first-order valence-corrected chi connectivity index (χ1v) is 6.10. The van der Waals surface area contributed by atoms with Crippen LogP contribution in [0.25, 0.3) is 0 Å². The topological polar surface area (TPSA) is 95.9 Å². The number of terminal acetylenes is 1. The second-order valence-corrected chi connectivity index (χ2v) is 5.64. The van der Waals surface area contributed by atoms with E-state index in [4.69, 9.17) is 11.2 Å². The summed E-state index contributed by atoms with van der Waals surface area (Å²) in [4.78, 5) is 35.8. The number of ether oxygens (including phenoxy) is 1. The molecule has 0 saturated carbocycles. The van der Waals surface area contributed by atoms with Gasteiger partial charge < -0.3 is 20.1 Å². The van der Waals surface area contributed by atoms with E-state index in [0.29, 0.717) is 0 Å². The molecule has 1 aliphatic rings. The third-order valence-corrected chi connectivity index (χ3v) is 2.83. The van der Waals surface area contributed by atoms with Crippen LogP contribution in [0.15, 0.2) is 0 Å². The molecule has 1 aliphatic heterocycles. The Morgan fingerprint density at radius 3 is 2.45 bits per heavy atom. The van der Waals surface area contributed by atoms with E-state index in [2.05, 4.69) is 5.32 Å².